The maximum absolute atomic E-state index is 3.72. The fraction of sp³-hybridized carbons (Fsp3) is 0. The van der Waals surface area contributed by atoms with E-state index in [2.05, 4.69) is 13.0 Å². The van der Waals surface area contributed by atoms with Crippen LogP contribution >= 0.6 is 0 Å². The van der Waals surface area contributed by atoms with Gasteiger partial charge < -0.3 is 7.43 Å². The zero-order chi connectivity index (χ0) is 9.36. The molecule has 3 heteroatoms. The Labute approximate surface area is 157 Å². The van der Waals surface area contributed by atoms with Crippen LogP contribution in [-0.2, 0) is 72.3 Å². The second-order valence-electron chi connectivity index (χ2n) is 2.56. The maximum atomic E-state index is 3.72. The first kappa shape index (κ1) is 26.3. The van der Waals surface area contributed by atoms with Crippen LogP contribution in [0.3, 0.4) is 0 Å². The molecule has 0 spiro atoms. The third-order valence-corrected chi connectivity index (χ3v) is 1.45. The van der Waals surface area contributed by atoms with E-state index in [0.717, 1.165) is 5.56 Å². The third-order valence-electron chi connectivity index (χ3n) is 1.45. The molecule has 0 aliphatic heterocycles. The van der Waals surface area contributed by atoms with Gasteiger partial charge in [-0.2, -0.15) is 61.0 Å². The summed E-state index contributed by atoms with van der Waals surface area (Å²) in [5, 5.41) is 0. The Morgan fingerprint density at radius 2 is 1.24 bits per heavy atom. The zero-order valence-electron chi connectivity index (χ0n) is 9.91. The van der Waals surface area contributed by atoms with Crippen LogP contribution in [0.5, 0.6) is 0 Å². The molecule has 0 bridgehead atoms. The minimum atomic E-state index is 0. The predicted octanol–water partition coefficient (Wildman–Crippen LogP) is 3.80. The topological polar surface area (TPSA) is 0 Å². The van der Waals surface area contributed by atoms with Gasteiger partial charge in [-0.25, -0.2) is 0 Å². The summed E-state index contributed by atoms with van der Waals surface area (Å²) in [5.41, 5.74) is 1.07. The van der Waals surface area contributed by atoms with Crippen LogP contribution in [0.15, 0.2) is 60.7 Å². The Morgan fingerprint density at radius 3 is 1.41 bits per heavy atom. The summed E-state index contributed by atoms with van der Waals surface area (Å²) in [6.45, 7) is 3.72. The molecule has 17 heavy (non-hydrogen) atoms. The second-order valence-corrected chi connectivity index (χ2v) is 2.56. The molecule has 2 rings (SSSR count). The molecule has 0 nitrogen and oxygen atoms in total. The van der Waals surface area contributed by atoms with Crippen LogP contribution in [0.4, 0.5) is 0 Å². The summed E-state index contributed by atoms with van der Waals surface area (Å²) in [7, 11) is 0. The molecule has 0 atom stereocenters. The van der Waals surface area contributed by atoms with Gasteiger partial charge in [0.2, 0.25) is 0 Å². The Morgan fingerprint density at radius 1 is 0.824 bits per heavy atom. The fourth-order valence-corrected chi connectivity index (χ4v) is 0.820. The molecule has 0 fully saturated rings. The number of benzene rings is 2. The molecule has 0 heterocycles. The van der Waals surface area contributed by atoms with Crippen molar-refractivity contribution in [1.29, 1.82) is 0 Å². The van der Waals surface area contributed by atoms with E-state index in [1.54, 1.807) is 0 Å². The number of hydrogen-bond acceptors (Lipinski definition) is 0. The van der Waals surface area contributed by atoms with Gasteiger partial charge in [-0.1, -0.05) is 6.07 Å². The first-order valence-corrected chi connectivity index (χ1v) is 4.17. The molecule has 0 saturated heterocycles. The van der Waals surface area contributed by atoms with Gasteiger partial charge in [0.25, 0.3) is 0 Å². The zero-order valence-corrected chi connectivity index (χ0v) is 17.1. The quantitative estimate of drug-likeness (QED) is 0.477. The Bertz CT molecular complexity index is 287. The minimum Gasteiger partial charge on any atom is -0.358 e. The first-order chi connectivity index (χ1) is 6.39. The molecule has 0 amide bonds. The molecule has 2 radical (unpaired) electrons. The van der Waals surface area contributed by atoms with Crippen LogP contribution in [0.1, 0.15) is 5.56 Å². The second kappa shape index (κ2) is 19.0. The summed E-state index contributed by atoms with van der Waals surface area (Å²) in [4.78, 5) is 0. The number of rotatable bonds is 0. The smallest absolute Gasteiger partial charge is 0 e. The standard InChI is InChI=1S/C7H7.C6H5.CH3.V.W.Y/c1-7-5-3-2-4-6-7;1-2-4-6-5-3-1;;;;/h2-6H,1H2;1-5H;1H3;;;/q3*-1;;;. The van der Waals surface area contributed by atoms with Crippen LogP contribution in [0.25, 0.3) is 0 Å². The molecule has 0 N–H and O–H groups in total. The molecule has 0 aromatic heterocycles. The summed E-state index contributed by atoms with van der Waals surface area (Å²) in [5.74, 6) is 0. The van der Waals surface area contributed by atoms with Gasteiger partial charge in [0.05, 0.1) is 0 Å². The molecule has 0 aliphatic carbocycles. The maximum Gasteiger partial charge on any atom is 0 e. The molecule has 0 aliphatic rings. The monoisotopic (exact) mass is 507 g/mol. The van der Waals surface area contributed by atoms with E-state index in [-0.39, 0.29) is 79.8 Å². The third kappa shape index (κ3) is 16.7. The molecule has 0 unspecified atom stereocenters. The minimum absolute atomic E-state index is 0. The van der Waals surface area contributed by atoms with Crippen LogP contribution in [0, 0.1) is 20.4 Å². The summed E-state index contributed by atoms with van der Waals surface area (Å²) in [6, 6.07) is 22.4. The van der Waals surface area contributed by atoms with Gasteiger partial charge in [-0.15, -0.1) is 12.1 Å². The Kier molecular flexibility index (Phi) is 29.4. The van der Waals surface area contributed by atoms with Gasteiger partial charge in [0, 0.05) is 72.3 Å². The van der Waals surface area contributed by atoms with E-state index in [1.165, 1.54) is 0 Å². The van der Waals surface area contributed by atoms with E-state index in [9.17, 15) is 0 Å². The number of hydrogen-bond donors (Lipinski definition) is 0. The van der Waals surface area contributed by atoms with E-state index in [0.29, 0.717) is 0 Å². The average Bonchev–Trinajstić information content (AvgIpc) is 2.22. The largest absolute Gasteiger partial charge is 0.358 e. The molecule has 0 saturated carbocycles. The van der Waals surface area contributed by atoms with Crippen molar-refractivity contribution >= 4 is 0 Å². The summed E-state index contributed by atoms with van der Waals surface area (Å²) < 4.78 is 0. The van der Waals surface area contributed by atoms with Crippen molar-refractivity contribution in [3.63, 3.8) is 0 Å². The summed E-state index contributed by atoms with van der Waals surface area (Å²) in [6.07, 6.45) is 0. The Hall–Kier alpha value is 0.687. The van der Waals surface area contributed by atoms with E-state index in [1.807, 2.05) is 60.7 Å². The van der Waals surface area contributed by atoms with E-state index < -0.39 is 0 Å². The normalized spacial score (nSPS) is 6.35. The SMILES string of the molecule is [CH2-]c1ccccc1.[CH3-].[V].[W].[Y].[c-]1ccccc1. The van der Waals surface area contributed by atoms with Gasteiger partial charge >= 0.3 is 0 Å². The van der Waals surface area contributed by atoms with Crippen molar-refractivity contribution in [1.82, 2.24) is 0 Å². The fourth-order valence-electron chi connectivity index (χ4n) is 0.820. The van der Waals surface area contributed by atoms with Gasteiger partial charge in [0.1, 0.15) is 0 Å². The summed E-state index contributed by atoms with van der Waals surface area (Å²) >= 11 is 0. The van der Waals surface area contributed by atoms with Gasteiger partial charge in [-0.05, 0) is 0 Å². The van der Waals surface area contributed by atoms with Gasteiger partial charge in [0.15, 0.2) is 0 Å². The van der Waals surface area contributed by atoms with Crippen molar-refractivity contribution in [2.24, 2.45) is 0 Å². The van der Waals surface area contributed by atoms with Crippen molar-refractivity contribution in [3.05, 3.63) is 86.6 Å². The van der Waals surface area contributed by atoms with Crippen molar-refractivity contribution in [3.8, 4) is 0 Å². The molecular weight excluding hydrogens is 492 g/mol. The van der Waals surface area contributed by atoms with E-state index in [4.69, 9.17) is 0 Å². The van der Waals surface area contributed by atoms with Crippen LogP contribution < -0.4 is 0 Å². The van der Waals surface area contributed by atoms with E-state index >= 15 is 0 Å². The van der Waals surface area contributed by atoms with Crippen LogP contribution in [0.2, 0.25) is 0 Å². The predicted molar refractivity (Wildman–Crippen MR) is 62.6 cm³/mol. The molecule has 2 aromatic carbocycles. The van der Waals surface area contributed by atoms with Crippen molar-refractivity contribution in [2.45, 2.75) is 0 Å². The van der Waals surface area contributed by atoms with Gasteiger partial charge in [-0.3, -0.25) is 0 Å². The molecule has 88 valence electrons. The first-order valence-electron chi connectivity index (χ1n) is 4.17. The van der Waals surface area contributed by atoms with Crippen molar-refractivity contribution in [2.75, 3.05) is 0 Å². The van der Waals surface area contributed by atoms with Crippen LogP contribution in [-0.4, -0.2) is 0 Å². The average molecular weight is 507 g/mol. The molecule has 2 aromatic rings. The molecular formula is C14H15VWY-3. The van der Waals surface area contributed by atoms with Crippen molar-refractivity contribution < 1.29 is 72.3 Å². The Balaban J connectivity index is -0.0000000810.